The largest absolute Gasteiger partial charge is 0.478 e. The van der Waals surface area contributed by atoms with Gasteiger partial charge in [0.15, 0.2) is 5.82 Å². The van der Waals surface area contributed by atoms with Gasteiger partial charge in [-0.05, 0) is 42.8 Å². The molecule has 0 saturated carbocycles. The van der Waals surface area contributed by atoms with Gasteiger partial charge in [-0.1, -0.05) is 0 Å². The van der Waals surface area contributed by atoms with Crippen LogP contribution in [0.4, 0.5) is 10.6 Å². The van der Waals surface area contributed by atoms with Crippen LogP contribution in [0.5, 0.6) is 0 Å². The maximum Gasteiger partial charge on any atom is 0.413 e. The third-order valence-electron chi connectivity index (χ3n) is 2.54. The van der Waals surface area contributed by atoms with Crippen LogP contribution < -0.4 is 5.32 Å². The minimum atomic E-state index is -1.08. The first-order chi connectivity index (χ1) is 10.2. The van der Waals surface area contributed by atoms with E-state index >= 15 is 0 Å². The molecular formula is C14H14BrN3O4. The lowest BCUT2D eigenvalue weighted by Gasteiger charge is -2.19. The fourth-order valence-electron chi connectivity index (χ4n) is 1.70. The molecule has 0 aliphatic heterocycles. The molecule has 0 aliphatic rings. The summed E-state index contributed by atoms with van der Waals surface area (Å²) in [6.45, 7) is 5.24. The summed E-state index contributed by atoms with van der Waals surface area (Å²) in [6.07, 6.45) is 2.01. The predicted octanol–water partition coefficient (Wildman–Crippen LogP) is 3.44. The second kappa shape index (κ2) is 5.88. The summed E-state index contributed by atoms with van der Waals surface area (Å²) in [5.74, 6) is -0.885. The standard InChI is InChI=1S/C14H14BrN3O4/c1-14(2,3)22-13(21)18-11-10-8(9(15)6-17-11)4-7(5-16-10)12(19)20/h4-6H,1-3H3,(H,19,20)(H,17,18,21). The van der Waals surface area contributed by atoms with E-state index in [0.29, 0.717) is 15.4 Å². The van der Waals surface area contributed by atoms with E-state index in [1.165, 1.54) is 18.5 Å². The summed E-state index contributed by atoms with van der Waals surface area (Å²) in [5, 5.41) is 12.1. The molecule has 0 radical (unpaired) electrons. The molecular weight excluding hydrogens is 354 g/mol. The van der Waals surface area contributed by atoms with Gasteiger partial charge in [0.1, 0.15) is 11.1 Å². The predicted molar refractivity (Wildman–Crippen MR) is 84.1 cm³/mol. The SMILES string of the molecule is CC(C)(C)OC(=O)Nc1ncc(Br)c2cc(C(=O)O)cnc12. The van der Waals surface area contributed by atoms with Gasteiger partial charge < -0.3 is 9.84 Å². The first-order valence-electron chi connectivity index (χ1n) is 6.35. The number of hydrogen-bond donors (Lipinski definition) is 2. The normalized spacial score (nSPS) is 11.3. The summed E-state index contributed by atoms with van der Waals surface area (Å²) in [5.41, 5.74) is -0.230. The van der Waals surface area contributed by atoms with Crippen molar-refractivity contribution in [1.82, 2.24) is 9.97 Å². The van der Waals surface area contributed by atoms with E-state index in [1.807, 2.05) is 0 Å². The lowest BCUT2D eigenvalue weighted by Crippen LogP contribution is -2.27. The Balaban J connectivity index is 2.41. The Hall–Kier alpha value is -2.22. The fraction of sp³-hybridized carbons (Fsp3) is 0.286. The number of aromatic carboxylic acids is 1. The number of nitrogens with one attached hydrogen (secondary N) is 1. The van der Waals surface area contributed by atoms with Gasteiger partial charge in [-0.15, -0.1) is 0 Å². The molecule has 0 aromatic carbocycles. The molecule has 2 rings (SSSR count). The first kappa shape index (κ1) is 16.2. The minimum Gasteiger partial charge on any atom is -0.478 e. The number of carbonyl (C=O) groups is 2. The van der Waals surface area contributed by atoms with Crippen molar-refractivity contribution >= 4 is 44.7 Å². The van der Waals surface area contributed by atoms with Crippen molar-refractivity contribution in [1.29, 1.82) is 0 Å². The molecule has 2 aromatic heterocycles. The lowest BCUT2D eigenvalue weighted by molar-refractivity contribution is 0.0633. The second-order valence-corrected chi connectivity index (χ2v) is 6.36. The molecule has 2 aromatic rings. The Morgan fingerprint density at radius 3 is 2.55 bits per heavy atom. The topological polar surface area (TPSA) is 101 Å². The number of hydrogen-bond acceptors (Lipinski definition) is 5. The van der Waals surface area contributed by atoms with Gasteiger partial charge in [0.2, 0.25) is 0 Å². The summed E-state index contributed by atoms with van der Waals surface area (Å²) in [4.78, 5) is 31.0. The Morgan fingerprint density at radius 2 is 1.95 bits per heavy atom. The summed E-state index contributed by atoms with van der Waals surface area (Å²) < 4.78 is 5.74. The molecule has 0 atom stereocenters. The number of halogens is 1. The minimum absolute atomic E-state index is 0.0441. The Morgan fingerprint density at radius 1 is 1.27 bits per heavy atom. The number of ether oxygens (including phenoxy) is 1. The van der Waals surface area contributed by atoms with E-state index in [0.717, 1.165) is 0 Å². The van der Waals surface area contributed by atoms with Crippen molar-refractivity contribution in [2.45, 2.75) is 26.4 Å². The van der Waals surface area contributed by atoms with E-state index < -0.39 is 17.7 Å². The highest BCUT2D eigenvalue weighted by molar-refractivity contribution is 9.10. The lowest BCUT2D eigenvalue weighted by atomic mass is 10.2. The Kier molecular flexibility index (Phi) is 4.32. The van der Waals surface area contributed by atoms with Crippen LogP contribution in [0.2, 0.25) is 0 Å². The number of pyridine rings is 2. The molecule has 22 heavy (non-hydrogen) atoms. The van der Waals surface area contributed by atoms with Crippen molar-refractivity contribution < 1.29 is 19.4 Å². The Bertz CT molecular complexity index is 756. The molecule has 116 valence electrons. The molecule has 2 heterocycles. The molecule has 7 nitrogen and oxygen atoms in total. The number of aromatic nitrogens is 2. The molecule has 0 fully saturated rings. The summed E-state index contributed by atoms with van der Waals surface area (Å²) in [7, 11) is 0. The number of anilines is 1. The third kappa shape index (κ3) is 3.70. The van der Waals surface area contributed by atoms with Gasteiger partial charge in [0, 0.05) is 22.3 Å². The zero-order valence-corrected chi connectivity index (χ0v) is 13.8. The number of amides is 1. The molecule has 0 saturated heterocycles. The van der Waals surface area contributed by atoms with E-state index in [-0.39, 0.29) is 11.4 Å². The molecule has 2 N–H and O–H groups in total. The van der Waals surface area contributed by atoms with Crippen LogP contribution in [0.3, 0.4) is 0 Å². The molecule has 0 aliphatic carbocycles. The van der Waals surface area contributed by atoms with Crippen LogP contribution in [-0.4, -0.2) is 32.7 Å². The smallest absolute Gasteiger partial charge is 0.413 e. The van der Waals surface area contributed by atoms with Gasteiger partial charge >= 0.3 is 12.1 Å². The highest BCUT2D eigenvalue weighted by atomic mass is 79.9. The van der Waals surface area contributed by atoms with Crippen LogP contribution in [0.15, 0.2) is 22.9 Å². The van der Waals surface area contributed by atoms with E-state index in [9.17, 15) is 9.59 Å². The molecule has 8 heteroatoms. The zero-order chi connectivity index (χ0) is 16.5. The number of carboxylic acids is 1. The fourth-order valence-corrected chi connectivity index (χ4v) is 2.10. The van der Waals surface area contributed by atoms with E-state index in [1.54, 1.807) is 20.8 Å². The highest BCUT2D eigenvalue weighted by Gasteiger charge is 2.18. The van der Waals surface area contributed by atoms with Gasteiger partial charge in [0.05, 0.1) is 5.56 Å². The number of fused-ring (bicyclic) bond motifs is 1. The number of nitrogens with zero attached hydrogens (tertiary/aromatic N) is 2. The molecule has 0 spiro atoms. The summed E-state index contributed by atoms with van der Waals surface area (Å²) in [6, 6.07) is 1.46. The van der Waals surface area contributed by atoms with E-state index in [4.69, 9.17) is 9.84 Å². The van der Waals surface area contributed by atoms with Gasteiger partial charge in [-0.3, -0.25) is 10.3 Å². The molecule has 0 bridgehead atoms. The van der Waals surface area contributed by atoms with E-state index in [2.05, 4.69) is 31.2 Å². The van der Waals surface area contributed by atoms with Gasteiger partial charge in [-0.25, -0.2) is 14.6 Å². The van der Waals surface area contributed by atoms with Crippen molar-refractivity contribution in [3.8, 4) is 0 Å². The van der Waals surface area contributed by atoms with Crippen LogP contribution in [0.25, 0.3) is 10.9 Å². The number of rotatable bonds is 2. The van der Waals surface area contributed by atoms with Crippen LogP contribution >= 0.6 is 15.9 Å². The van der Waals surface area contributed by atoms with Crippen molar-refractivity contribution in [3.05, 3.63) is 28.5 Å². The van der Waals surface area contributed by atoms with Crippen LogP contribution in [0, 0.1) is 0 Å². The van der Waals surface area contributed by atoms with Crippen molar-refractivity contribution in [2.75, 3.05) is 5.32 Å². The van der Waals surface area contributed by atoms with Crippen molar-refractivity contribution in [2.24, 2.45) is 0 Å². The number of carbonyl (C=O) groups excluding carboxylic acids is 1. The average molecular weight is 368 g/mol. The summed E-state index contributed by atoms with van der Waals surface area (Å²) >= 11 is 3.29. The monoisotopic (exact) mass is 367 g/mol. The van der Waals surface area contributed by atoms with Gasteiger partial charge in [-0.2, -0.15) is 0 Å². The second-order valence-electron chi connectivity index (χ2n) is 5.51. The first-order valence-corrected chi connectivity index (χ1v) is 7.14. The quantitative estimate of drug-likeness (QED) is 0.842. The third-order valence-corrected chi connectivity index (χ3v) is 3.17. The maximum absolute atomic E-state index is 11.8. The maximum atomic E-state index is 11.8. The number of carboxylic acid groups (broad SMARTS) is 1. The Labute approximate surface area is 134 Å². The average Bonchev–Trinajstić information content (AvgIpc) is 2.39. The highest BCUT2D eigenvalue weighted by Crippen LogP contribution is 2.27. The molecule has 0 unspecified atom stereocenters. The van der Waals surface area contributed by atoms with Crippen LogP contribution in [-0.2, 0) is 4.74 Å². The van der Waals surface area contributed by atoms with Crippen molar-refractivity contribution in [3.63, 3.8) is 0 Å². The zero-order valence-electron chi connectivity index (χ0n) is 12.2. The molecule has 1 amide bonds. The van der Waals surface area contributed by atoms with Crippen LogP contribution in [0.1, 0.15) is 31.1 Å². The van der Waals surface area contributed by atoms with Gasteiger partial charge in [0.25, 0.3) is 0 Å².